The number of hydrogen-bond acceptors (Lipinski definition) is 7. The van der Waals surface area contributed by atoms with Gasteiger partial charge in [-0.25, -0.2) is 13.1 Å². The van der Waals surface area contributed by atoms with Gasteiger partial charge in [-0.15, -0.1) is 0 Å². The second kappa shape index (κ2) is 14.8. The van der Waals surface area contributed by atoms with Crippen LogP contribution in [0.25, 0.3) is 0 Å². The van der Waals surface area contributed by atoms with Crippen LogP contribution in [0.1, 0.15) is 60.2 Å². The van der Waals surface area contributed by atoms with E-state index in [1.54, 1.807) is 30.3 Å². The zero-order chi connectivity index (χ0) is 32.0. The summed E-state index contributed by atoms with van der Waals surface area (Å²) in [5.74, 6) is -0.0172. The van der Waals surface area contributed by atoms with Crippen LogP contribution in [0.2, 0.25) is 0 Å². The van der Waals surface area contributed by atoms with E-state index in [4.69, 9.17) is 9.47 Å². The van der Waals surface area contributed by atoms with Gasteiger partial charge < -0.3 is 19.7 Å². The summed E-state index contributed by atoms with van der Waals surface area (Å²) in [6, 6.07) is 33.1. The third kappa shape index (κ3) is 8.06. The molecule has 0 bridgehead atoms. The smallest absolute Gasteiger partial charge is 0.240 e. The maximum absolute atomic E-state index is 12.7. The van der Waals surface area contributed by atoms with Crippen molar-refractivity contribution in [3.8, 4) is 0 Å². The van der Waals surface area contributed by atoms with Crippen LogP contribution in [0.15, 0.2) is 114 Å². The second-order valence-electron chi connectivity index (χ2n) is 11.7. The molecule has 0 aromatic heterocycles. The first-order valence-electron chi connectivity index (χ1n) is 15.2. The lowest BCUT2D eigenvalue weighted by Crippen LogP contribution is -2.46. The molecule has 9 heteroatoms. The van der Waals surface area contributed by atoms with E-state index in [0.29, 0.717) is 6.54 Å². The number of aliphatic hydroxyl groups is 2. The number of benzene rings is 4. The van der Waals surface area contributed by atoms with Gasteiger partial charge in [0.2, 0.25) is 10.0 Å². The van der Waals surface area contributed by atoms with Crippen LogP contribution in [-0.2, 0) is 32.6 Å². The highest BCUT2D eigenvalue weighted by Gasteiger charge is 2.39. The third-order valence-corrected chi connectivity index (χ3v) is 10.1. The molecule has 6 atom stereocenters. The van der Waals surface area contributed by atoms with E-state index >= 15 is 0 Å². The maximum Gasteiger partial charge on any atom is 0.240 e. The number of sulfonamides is 1. The summed E-state index contributed by atoms with van der Waals surface area (Å²) < 4.78 is 41.2. The highest BCUT2D eigenvalue weighted by Crippen LogP contribution is 2.42. The molecule has 3 N–H and O–H groups in total. The lowest BCUT2D eigenvalue weighted by Gasteiger charge is -2.43. The molecule has 0 saturated carbocycles. The normalized spacial score (nSPS) is 21.8. The predicted octanol–water partition coefficient (Wildman–Crippen LogP) is 5.50. The zero-order valence-electron chi connectivity index (χ0n) is 25.9. The molecular weight excluding hydrogens is 588 g/mol. The second-order valence-corrected chi connectivity index (χ2v) is 13.5. The van der Waals surface area contributed by atoms with Crippen molar-refractivity contribution in [3.63, 3.8) is 0 Å². The van der Waals surface area contributed by atoms with Crippen LogP contribution in [0.5, 0.6) is 0 Å². The molecule has 5 rings (SSSR count). The quantitative estimate of drug-likeness (QED) is 0.190. The molecule has 1 fully saturated rings. The summed E-state index contributed by atoms with van der Waals surface area (Å²) in [6.07, 6.45) is -1.82. The lowest BCUT2D eigenvalue weighted by molar-refractivity contribution is -0.276. The fourth-order valence-electron chi connectivity index (χ4n) is 5.60. The van der Waals surface area contributed by atoms with Crippen molar-refractivity contribution in [2.24, 2.45) is 5.92 Å². The SMILES string of the molecule is C[C@H]1[C@@H](CN(C)[C@@H](C)[C@H](O)c2ccccc2)O[C@@H](c2ccc(CNS(=O)(=O)c3ccccc3)cc2)O[C@H]1c1ccc(CO)cc1. The average Bonchev–Trinajstić information content (AvgIpc) is 3.08. The maximum atomic E-state index is 12.7. The van der Waals surface area contributed by atoms with Gasteiger partial charge in [0.15, 0.2) is 6.29 Å². The molecule has 0 amide bonds. The van der Waals surface area contributed by atoms with Crippen molar-refractivity contribution < 1.29 is 28.1 Å². The largest absolute Gasteiger partial charge is 0.392 e. The van der Waals surface area contributed by atoms with E-state index in [9.17, 15) is 18.6 Å². The van der Waals surface area contributed by atoms with Gasteiger partial charge in [-0.3, -0.25) is 4.90 Å². The van der Waals surface area contributed by atoms with Crippen LogP contribution in [0, 0.1) is 5.92 Å². The van der Waals surface area contributed by atoms with Gasteiger partial charge in [-0.05, 0) is 48.4 Å². The first-order chi connectivity index (χ1) is 21.7. The standard InChI is InChI=1S/C36H42N2O6S/c1-25-33(23-38(3)26(2)34(40)29-10-6-4-7-11-29)43-36(44-35(25)30-18-16-28(24-39)17-19-30)31-20-14-27(15-21-31)22-37-45(41,42)32-12-8-5-9-13-32/h4-21,25-26,33-37,39-40H,22-24H2,1-3H3/t25-,26-,33+,34-,35+,36+/m0/s1. The third-order valence-electron chi connectivity index (χ3n) is 8.66. The molecular formula is C36H42N2O6S. The van der Waals surface area contributed by atoms with Crippen molar-refractivity contribution in [3.05, 3.63) is 137 Å². The predicted molar refractivity (Wildman–Crippen MR) is 173 cm³/mol. The Morgan fingerprint density at radius 2 is 1.40 bits per heavy atom. The summed E-state index contributed by atoms with van der Waals surface area (Å²) in [5, 5.41) is 20.6. The molecule has 1 heterocycles. The van der Waals surface area contributed by atoms with Gasteiger partial charge >= 0.3 is 0 Å². The summed E-state index contributed by atoms with van der Waals surface area (Å²) in [7, 11) is -1.63. The molecule has 1 saturated heterocycles. The summed E-state index contributed by atoms with van der Waals surface area (Å²) in [4.78, 5) is 2.34. The molecule has 4 aromatic rings. The van der Waals surface area contributed by atoms with Crippen LogP contribution >= 0.6 is 0 Å². The van der Waals surface area contributed by atoms with Crippen molar-refractivity contribution in [2.75, 3.05) is 13.6 Å². The summed E-state index contributed by atoms with van der Waals surface area (Å²) in [6.45, 7) is 4.80. The first-order valence-corrected chi connectivity index (χ1v) is 16.7. The van der Waals surface area contributed by atoms with Gasteiger partial charge in [0.1, 0.15) is 0 Å². The molecule has 8 nitrogen and oxygen atoms in total. The van der Waals surface area contributed by atoms with Crippen LogP contribution in [0.3, 0.4) is 0 Å². The highest BCUT2D eigenvalue weighted by atomic mass is 32.2. The minimum atomic E-state index is -3.63. The Hall–Kier alpha value is -3.41. The number of ether oxygens (including phenoxy) is 2. The zero-order valence-corrected chi connectivity index (χ0v) is 26.7. The van der Waals surface area contributed by atoms with Crippen molar-refractivity contribution in [2.45, 2.75) is 62.5 Å². The Balaban J connectivity index is 1.33. The van der Waals surface area contributed by atoms with Gasteiger partial charge in [-0.2, -0.15) is 0 Å². The Labute approximate surface area is 266 Å². The molecule has 0 radical (unpaired) electrons. The molecule has 0 aliphatic carbocycles. The Bertz CT molecular complexity index is 1600. The minimum Gasteiger partial charge on any atom is -0.392 e. The van der Waals surface area contributed by atoms with Crippen molar-refractivity contribution in [1.29, 1.82) is 0 Å². The minimum absolute atomic E-state index is 0.0172. The highest BCUT2D eigenvalue weighted by molar-refractivity contribution is 7.89. The molecule has 0 spiro atoms. The van der Waals surface area contributed by atoms with Crippen LogP contribution < -0.4 is 4.72 Å². The number of aliphatic hydroxyl groups excluding tert-OH is 2. The number of rotatable bonds is 12. The van der Waals surface area contributed by atoms with E-state index < -0.39 is 22.4 Å². The number of likely N-dealkylation sites (N-methyl/N-ethyl adjacent to an activating group) is 1. The molecule has 1 aliphatic heterocycles. The number of nitrogens with zero attached hydrogens (tertiary/aromatic N) is 1. The number of hydrogen-bond donors (Lipinski definition) is 3. The van der Waals surface area contributed by atoms with Gasteiger partial charge in [0.05, 0.1) is 29.8 Å². The monoisotopic (exact) mass is 630 g/mol. The van der Waals surface area contributed by atoms with Crippen molar-refractivity contribution >= 4 is 10.0 Å². The average molecular weight is 631 g/mol. The van der Waals surface area contributed by atoms with Gasteiger partial charge in [-0.1, -0.05) is 104 Å². The number of nitrogens with one attached hydrogen (secondary N) is 1. The topological polar surface area (TPSA) is 108 Å². The van der Waals surface area contributed by atoms with Gasteiger partial charge in [0, 0.05) is 30.6 Å². The molecule has 238 valence electrons. The fourth-order valence-corrected chi connectivity index (χ4v) is 6.64. The van der Waals surface area contributed by atoms with Crippen LogP contribution in [-0.4, -0.2) is 49.3 Å². The summed E-state index contributed by atoms with van der Waals surface area (Å²) in [5.41, 5.74) is 4.30. The molecule has 4 aromatic carbocycles. The Kier molecular flexibility index (Phi) is 10.8. The Morgan fingerprint density at radius 1 is 0.822 bits per heavy atom. The molecule has 0 unspecified atom stereocenters. The first kappa shape index (κ1) is 33.0. The lowest BCUT2D eigenvalue weighted by atomic mass is 9.89. The van der Waals surface area contributed by atoms with E-state index in [1.807, 2.05) is 92.8 Å². The fraction of sp³-hybridized carbons (Fsp3) is 0.333. The summed E-state index contributed by atoms with van der Waals surface area (Å²) >= 11 is 0. The molecule has 45 heavy (non-hydrogen) atoms. The van der Waals surface area contributed by atoms with E-state index in [0.717, 1.165) is 27.8 Å². The van der Waals surface area contributed by atoms with E-state index in [-0.39, 0.29) is 42.2 Å². The van der Waals surface area contributed by atoms with E-state index in [2.05, 4.69) is 16.5 Å². The Morgan fingerprint density at radius 3 is 2.02 bits per heavy atom. The van der Waals surface area contributed by atoms with E-state index in [1.165, 1.54) is 0 Å². The van der Waals surface area contributed by atoms with Gasteiger partial charge in [0.25, 0.3) is 0 Å². The molecule has 1 aliphatic rings. The van der Waals surface area contributed by atoms with Crippen molar-refractivity contribution in [1.82, 2.24) is 9.62 Å². The van der Waals surface area contributed by atoms with Crippen LogP contribution in [0.4, 0.5) is 0 Å².